The Bertz CT molecular complexity index is 985. The summed E-state index contributed by atoms with van der Waals surface area (Å²) in [6.07, 6.45) is 1.90. The minimum absolute atomic E-state index is 0.243. The molecular formula is C21H14BI2NSe. The van der Waals surface area contributed by atoms with Gasteiger partial charge in [0.15, 0.2) is 0 Å². The average Bonchev–Trinajstić information content (AvgIpc) is 2.68. The number of rotatable bonds is 4. The fraction of sp³-hybridized carbons (Fsp3) is 0. The van der Waals surface area contributed by atoms with Crippen LogP contribution in [0.5, 0.6) is 0 Å². The van der Waals surface area contributed by atoms with E-state index in [1.807, 2.05) is 12.3 Å². The van der Waals surface area contributed by atoms with Gasteiger partial charge in [0.25, 0.3) is 0 Å². The van der Waals surface area contributed by atoms with Gasteiger partial charge >= 0.3 is 189 Å². The molecule has 0 N–H and O–H groups in total. The molecule has 3 aromatic carbocycles. The number of benzene rings is 3. The molecule has 0 aliphatic heterocycles. The molecule has 1 nitrogen and oxygen atoms in total. The average molecular weight is 624 g/mol. The molecule has 1 heterocycles. The topological polar surface area (TPSA) is 12.9 Å². The van der Waals surface area contributed by atoms with Crippen LogP contribution in [0.4, 0.5) is 0 Å². The van der Waals surface area contributed by atoms with E-state index in [0.717, 1.165) is 5.52 Å². The maximum atomic E-state index is 4.66. The molecule has 0 amide bonds. The predicted molar refractivity (Wildman–Crippen MR) is 130 cm³/mol. The van der Waals surface area contributed by atoms with Gasteiger partial charge in [-0.2, -0.15) is 0 Å². The van der Waals surface area contributed by atoms with E-state index in [4.69, 9.17) is 0 Å². The van der Waals surface area contributed by atoms with Crippen LogP contribution < -0.4 is 15.4 Å². The third kappa shape index (κ3) is 4.16. The van der Waals surface area contributed by atoms with Gasteiger partial charge in [-0.15, -0.1) is 0 Å². The quantitative estimate of drug-likeness (QED) is 0.250. The van der Waals surface area contributed by atoms with Crippen molar-refractivity contribution in [2.45, 2.75) is 0 Å². The monoisotopic (exact) mass is 625 g/mol. The summed E-state index contributed by atoms with van der Waals surface area (Å²) in [5, 5.41) is 1.22. The Kier molecular flexibility index (Phi) is 5.98. The summed E-state index contributed by atoms with van der Waals surface area (Å²) >= 11 is 4.98. The second-order valence-corrected chi connectivity index (χ2v) is 10.8. The summed E-state index contributed by atoms with van der Waals surface area (Å²) in [5.74, 6) is 0. The van der Waals surface area contributed by atoms with Crippen LogP contribution in [0, 0.1) is 7.14 Å². The van der Waals surface area contributed by atoms with Crippen molar-refractivity contribution < 1.29 is 0 Å². The van der Waals surface area contributed by atoms with Crippen LogP contribution in [0.25, 0.3) is 10.9 Å². The van der Waals surface area contributed by atoms with Crippen molar-refractivity contribution in [3.8, 4) is 0 Å². The molecule has 0 fully saturated rings. The number of fused-ring (bicyclic) bond motifs is 1. The van der Waals surface area contributed by atoms with Crippen LogP contribution in [-0.2, 0) is 0 Å². The first-order valence-corrected chi connectivity index (χ1v) is 12.2. The Hall–Kier alpha value is -0.886. The van der Waals surface area contributed by atoms with Gasteiger partial charge in [-0.3, -0.25) is 0 Å². The van der Waals surface area contributed by atoms with Gasteiger partial charge in [0, 0.05) is 0 Å². The first-order valence-electron chi connectivity index (χ1n) is 8.22. The number of nitrogens with zero attached hydrogens (tertiary/aromatic N) is 1. The number of hydrogen-bond acceptors (Lipinski definition) is 1. The molecule has 4 rings (SSSR count). The van der Waals surface area contributed by atoms with Crippen molar-refractivity contribution in [3.05, 3.63) is 92.2 Å². The number of halogens is 2. The molecule has 0 saturated carbocycles. The number of aromatic nitrogens is 1. The first-order chi connectivity index (χ1) is 12.7. The van der Waals surface area contributed by atoms with Crippen LogP contribution in [0.2, 0.25) is 0 Å². The molecule has 0 atom stereocenters. The summed E-state index contributed by atoms with van der Waals surface area (Å²) in [6.45, 7) is 0. The Morgan fingerprint density at radius 3 is 1.88 bits per heavy atom. The molecule has 126 valence electrons. The number of para-hydroxylation sites is 1. The van der Waals surface area contributed by atoms with Crippen LogP contribution in [0.15, 0.2) is 85.1 Å². The summed E-state index contributed by atoms with van der Waals surface area (Å²) in [5.41, 5.74) is 4.26. The normalized spacial score (nSPS) is 10.8. The van der Waals surface area contributed by atoms with E-state index in [9.17, 15) is 0 Å². The van der Waals surface area contributed by atoms with Gasteiger partial charge in [0.2, 0.25) is 0 Å². The fourth-order valence-corrected chi connectivity index (χ4v) is 6.31. The van der Waals surface area contributed by atoms with Crippen molar-refractivity contribution in [3.63, 3.8) is 0 Å². The third-order valence-electron chi connectivity index (χ3n) is 4.19. The van der Waals surface area contributed by atoms with E-state index in [0.29, 0.717) is 5.53 Å². The molecule has 0 aliphatic rings. The molecule has 4 aromatic rings. The summed E-state index contributed by atoms with van der Waals surface area (Å²) < 4.78 is 3.90. The minimum atomic E-state index is 0.243. The van der Waals surface area contributed by atoms with E-state index in [-0.39, 0.29) is 14.8 Å². The SMILES string of the molecule is Ic1ccc(B([Se]c2cccc3cccnc23)c2ccc(I)cc2)cc1. The second kappa shape index (κ2) is 8.42. The predicted octanol–water partition coefficient (Wildman–Crippen LogP) is 3.58. The molecule has 0 bridgehead atoms. The van der Waals surface area contributed by atoms with Crippen molar-refractivity contribution in [2.75, 3.05) is 0 Å². The van der Waals surface area contributed by atoms with Crippen LogP contribution in [0.1, 0.15) is 0 Å². The molecule has 1 aromatic heterocycles. The number of hydrogen-bond donors (Lipinski definition) is 0. The van der Waals surface area contributed by atoms with Crippen molar-refractivity contribution >= 4 is 91.8 Å². The summed E-state index contributed by atoms with van der Waals surface area (Å²) in [4.78, 5) is 4.66. The van der Waals surface area contributed by atoms with Crippen molar-refractivity contribution in [1.29, 1.82) is 0 Å². The summed E-state index contributed by atoms with van der Waals surface area (Å²) in [7, 11) is 0. The first kappa shape index (κ1) is 18.5. The van der Waals surface area contributed by atoms with Gasteiger partial charge in [-0.1, -0.05) is 0 Å². The zero-order valence-electron chi connectivity index (χ0n) is 13.8. The zero-order valence-corrected chi connectivity index (χ0v) is 19.8. The second-order valence-electron chi connectivity index (χ2n) is 5.93. The van der Waals surface area contributed by atoms with E-state index in [1.165, 1.54) is 27.9 Å². The standard InChI is InChI=1S/C21H14BI2NSe/c23-18-10-6-16(7-11-18)22(17-8-12-19(24)13-9-17)26-20-5-1-3-15-4-2-14-25-21(15)20/h1-14H. The van der Waals surface area contributed by atoms with E-state index < -0.39 is 0 Å². The fourth-order valence-electron chi connectivity index (χ4n) is 2.90. The van der Waals surface area contributed by atoms with Crippen LogP contribution in [0.3, 0.4) is 0 Å². The maximum absolute atomic E-state index is 4.66. The van der Waals surface area contributed by atoms with Gasteiger partial charge in [0.1, 0.15) is 0 Å². The molecule has 26 heavy (non-hydrogen) atoms. The van der Waals surface area contributed by atoms with Crippen molar-refractivity contribution in [1.82, 2.24) is 4.98 Å². The zero-order chi connectivity index (χ0) is 17.9. The molecule has 0 unspecified atom stereocenters. The van der Waals surface area contributed by atoms with Gasteiger partial charge < -0.3 is 0 Å². The Morgan fingerprint density at radius 1 is 0.692 bits per heavy atom. The van der Waals surface area contributed by atoms with Gasteiger partial charge in [-0.25, -0.2) is 0 Å². The number of pyridine rings is 1. The summed E-state index contributed by atoms with van der Waals surface area (Å²) in [6, 6.07) is 28.6. The van der Waals surface area contributed by atoms with Gasteiger partial charge in [-0.05, 0) is 0 Å². The molecule has 0 saturated heterocycles. The third-order valence-corrected chi connectivity index (χ3v) is 8.48. The van der Waals surface area contributed by atoms with E-state index >= 15 is 0 Å². The Morgan fingerprint density at radius 2 is 1.27 bits per heavy atom. The Balaban J connectivity index is 1.79. The van der Waals surface area contributed by atoms with Gasteiger partial charge in [0.05, 0.1) is 0 Å². The molecule has 0 spiro atoms. The van der Waals surface area contributed by atoms with E-state index in [2.05, 4.69) is 123 Å². The molecule has 0 aliphatic carbocycles. The van der Waals surface area contributed by atoms with Crippen LogP contribution in [-0.4, -0.2) is 25.3 Å². The van der Waals surface area contributed by atoms with Crippen LogP contribution >= 0.6 is 45.2 Å². The molecule has 0 radical (unpaired) electrons. The van der Waals surface area contributed by atoms with E-state index in [1.54, 1.807) is 0 Å². The van der Waals surface area contributed by atoms with Crippen molar-refractivity contribution in [2.24, 2.45) is 0 Å². The molecular weight excluding hydrogens is 610 g/mol. The molecule has 5 heteroatoms. The Labute approximate surface area is 187 Å².